The van der Waals surface area contributed by atoms with Crippen LogP contribution in [0.5, 0.6) is 11.9 Å². The second kappa shape index (κ2) is 11.9. The van der Waals surface area contributed by atoms with Gasteiger partial charge in [-0.25, -0.2) is 9.55 Å². The zero-order valence-corrected chi connectivity index (χ0v) is 22.9. The monoisotopic (exact) mass is 538 g/mol. The van der Waals surface area contributed by atoms with E-state index < -0.39 is 0 Å². The van der Waals surface area contributed by atoms with E-state index in [-0.39, 0.29) is 11.6 Å². The molecule has 0 aliphatic carbocycles. The third kappa shape index (κ3) is 5.44. The first-order valence-electron chi connectivity index (χ1n) is 13.0. The average Bonchev–Trinajstić information content (AvgIpc) is 3.53. The van der Waals surface area contributed by atoms with Crippen molar-refractivity contribution < 1.29 is 9.47 Å². The van der Waals surface area contributed by atoms with Crippen molar-refractivity contribution >= 4 is 0 Å². The Labute approximate surface area is 231 Å². The normalized spacial score (nSPS) is 11.0. The highest BCUT2D eigenvalue weighted by atomic mass is 16.5. The SMILES string of the molecule is CCCCc1nc(C)n(-c2cc(OC)nc(OC)n2)c(=O)c1Cc1ccc(-c2ccccc2-c2nn[nH]n2)cc1. The minimum Gasteiger partial charge on any atom is -0.481 e. The third-order valence-corrected chi connectivity index (χ3v) is 6.65. The molecule has 0 radical (unpaired) electrons. The summed E-state index contributed by atoms with van der Waals surface area (Å²) in [6.07, 6.45) is 3.08. The van der Waals surface area contributed by atoms with Gasteiger partial charge in [0.25, 0.3) is 5.56 Å². The molecule has 11 nitrogen and oxygen atoms in total. The molecule has 11 heteroatoms. The van der Waals surface area contributed by atoms with Gasteiger partial charge in [-0.3, -0.25) is 4.79 Å². The van der Waals surface area contributed by atoms with Crippen LogP contribution in [0, 0.1) is 6.92 Å². The number of unbranched alkanes of at least 4 members (excludes halogenated alkanes) is 1. The Kier molecular flexibility index (Phi) is 7.90. The quantitative estimate of drug-likeness (QED) is 0.279. The fraction of sp³-hybridized carbons (Fsp3) is 0.276. The Morgan fingerprint density at radius 2 is 1.73 bits per heavy atom. The molecule has 1 N–H and O–H groups in total. The van der Waals surface area contributed by atoms with Gasteiger partial charge in [-0.1, -0.05) is 61.9 Å². The molecule has 0 saturated heterocycles. The van der Waals surface area contributed by atoms with Crippen LogP contribution in [0.2, 0.25) is 0 Å². The van der Waals surface area contributed by atoms with Gasteiger partial charge < -0.3 is 9.47 Å². The lowest BCUT2D eigenvalue weighted by Gasteiger charge is -2.16. The number of rotatable bonds is 10. The van der Waals surface area contributed by atoms with Gasteiger partial charge in [0.1, 0.15) is 5.82 Å². The van der Waals surface area contributed by atoms with Crippen molar-refractivity contribution in [2.24, 2.45) is 0 Å². The summed E-state index contributed by atoms with van der Waals surface area (Å²) >= 11 is 0. The molecule has 2 aromatic carbocycles. The van der Waals surface area contributed by atoms with Crippen molar-refractivity contribution in [2.75, 3.05) is 14.2 Å². The predicted molar refractivity (Wildman–Crippen MR) is 150 cm³/mol. The number of tetrazole rings is 1. The van der Waals surface area contributed by atoms with Crippen molar-refractivity contribution in [3.05, 3.63) is 87.6 Å². The number of aromatic amines is 1. The highest BCUT2D eigenvalue weighted by molar-refractivity contribution is 5.80. The van der Waals surface area contributed by atoms with Crippen molar-refractivity contribution in [2.45, 2.75) is 39.5 Å². The first kappa shape index (κ1) is 26.7. The van der Waals surface area contributed by atoms with E-state index in [4.69, 9.17) is 14.5 Å². The van der Waals surface area contributed by atoms with E-state index in [1.807, 2.05) is 48.5 Å². The molecule has 0 amide bonds. The molecule has 0 atom stereocenters. The van der Waals surface area contributed by atoms with Gasteiger partial charge in [-0.05, 0) is 41.7 Å². The van der Waals surface area contributed by atoms with E-state index in [1.54, 1.807) is 13.0 Å². The smallest absolute Gasteiger partial charge is 0.321 e. The molecular formula is C29H30N8O3. The van der Waals surface area contributed by atoms with Crippen LogP contribution in [0.4, 0.5) is 0 Å². The van der Waals surface area contributed by atoms with Gasteiger partial charge in [0.2, 0.25) is 11.7 Å². The van der Waals surface area contributed by atoms with Crippen LogP contribution in [0.15, 0.2) is 59.4 Å². The molecule has 0 saturated carbocycles. The molecule has 5 aromatic rings. The van der Waals surface area contributed by atoms with Crippen molar-refractivity contribution in [1.82, 2.24) is 40.1 Å². The molecule has 3 aromatic heterocycles. The molecule has 0 aliphatic heterocycles. The molecule has 0 aliphatic rings. The number of aryl methyl sites for hydroxylation is 2. The second-order valence-electron chi connectivity index (χ2n) is 9.24. The van der Waals surface area contributed by atoms with E-state index in [0.29, 0.717) is 35.3 Å². The van der Waals surface area contributed by atoms with Crippen LogP contribution in [0.25, 0.3) is 28.3 Å². The van der Waals surface area contributed by atoms with Crippen LogP contribution in [-0.2, 0) is 12.8 Å². The Morgan fingerprint density at radius 3 is 2.40 bits per heavy atom. The van der Waals surface area contributed by atoms with E-state index >= 15 is 0 Å². The molecule has 0 spiro atoms. The largest absolute Gasteiger partial charge is 0.481 e. The van der Waals surface area contributed by atoms with Crippen LogP contribution >= 0.6 is 0 Å². The third-order valence-electron chi connectivity index (χ3n) is 6.65. The number of hydrogen-bond acceptors (Lipinski definition) is 9. The van der Waals surface area contributed by atoms with Crippen LogP contribution < -0.4 is 15.0 Å². The van der Waals surface area contributed by atoms with Crippen LogP contribution in [0.1, 0.15) is 42.4 Å². The Morgan fingerprint density at radius 1 is 0.950 bits per heavy atom. The zero-order valence-electron chi connectivity index (χ0n) is 22.9. The standard InChI is InChI=1S/C29H30N8O3/c1-5-6-11-24-23(28(38)37(18(2)30-24)25-17-26(39-3)32-29(31-25)40-4)16-19-12-14-20(15-13-19)21-9-7-8-10-22(21)27-33-35-36-34-27/h7-10,12-15,17H,5-6,11,16H2,1-4H3,(H,33,34,35,36). The number of nitrogens with zero attached hydrogens (tertiary/aromatic N) is 7. The Balaban J connectivity index is 1.54. The van der Waals surface area contributed by atoms with Crippen molar-refractivity contribution in [3.8, 4) is 40.2 Å². The van der Waals surface area contributed by atoms with E-state index in [2.05, 4.69) is 37.5 Å². The molecule has 204 valence electrons. The Hall–Kier alpha value is -4.93. The molecule has 5 rings (SSSR count). The maximum absolute atomic E-state index is 14.0. The number of aromatic nitrogens is 8. The fourth-order valence-corrected chi connectivity index (χ4v) is 4.63. The summed E-state index contributed by atoms with van der Waals surface area (Å²) in [5.74, 6) is 1.71. The van der Waals surface area contributed by atoms with E-state index in [9.17, 15) is 4.79 Å². The maximum Gasteiger partial charge on any atom is 0.321 e. The first-order chi connectivity index (χ1) is 19.5. The van der Waals surface area contributed by atoms with Gasteiger partial charge in [0.15, 0.2) is 5.82 Å². The zero-order chi connectivity index (χ0) is 28.1. The van der Waals surface area contributed by atoms with Crippen LogP contribution in [0.3, 0.4) is 0 Å². The minimum absolute atomic E-state index is 0.106. The summed E-state index contributed by atoms with van der Waals surface area (Å²) in [5.41, 5.74) is 5.14. The number of hydrogen-bond donors (Lipinski definition) is 1. The molecule has 0 bridgehead atoms. The lowest BCUT2D eigenvalue weighted by Crippen LogP contribution is -2.29. The van der Waals surface area contributed by atoms with E-state index in [1.165, 1.54) is 18.8 Å². The molecule has 3 heterocycles. The Bertz CT molecular complexity index is 1640. The summed E-state index contributed by atoms with van der Waals surface area (Å²) in [6, 6.07) is 17.8. The summed E-state index contributed by atoms with van der Waals surface area (Å²) in [5, 5.41) is 14.5. The lowest BCUT2D eigenvalue weighted by molar-refractivity contribution is 0.351. The number of ether oxygens (including phenoxy) is 2. The fourth-order valence-electron chi connectivity index (χ4n) is 4.63. The minimum atomic E-state index is -0.173. The number of benzene rings is 2. The van der Waals surface area contributed by atoms with Gasteiger partial charge in [-0.15, -0.1) is 10.2 Å². The summed E-state index contributed by atoms with van der Waals surface area (Å²) in [6.45, 7) is 3.93. The average molecular weight is 539 g/mol. The summed E-state index contributed by atoms with van der Waals surface area (Å²) in [7, 11) is 2.97. The number of methoxy groups -OCH3 is 2. The van der Waals surface area contributed by atoms with E-state index in [0.717, 1.165) is 47.2 Å². The molecule has 0 unspecified atom stereocenters. The highest BCUT2D eigenvalue weighted by Gasteiger charge is 2.19. The summed E-state index contributed by atoms with van der Waals surface area (Å²) in [4.78, 5) is 27.4. The molecular weight excluding hydrogens is 508 g/mol. The van der Waals surface area contributed by atoms with Gasteiger partial charge in [0, 0.05) is 23.6 Å². The molecule has 0 fully saturated rings. The number of nitrogens with one attached hydrogen (secondary N) is 1. The van der Waals surface area contributed by atoms with Crippen molar-refractivity contribution in [3.63, 3.8) is 0 Å². The lowest BCUT2D eigenvalue weighted by atomic mass is 9.96. The topological polar surface area (TPSA) is 134 Å². The van der Waals surface area contributed by atoms with Crippen molar-refractivity contribution in [1.29, 1.82) is 0 Å². The predicted octanol–water partition coefficient (Wildman–Crippen LogP) is 4.13. The number of H-pyrrole nitrogens is 1. The molecule has 40 heavy (non-hydrogen) atoms. The first-order valence-corrected chi connectivity index (χ1v) is 13.0. The van der Waals surface area contributed by atoms with Crippen LogP contribution in [-0.4, -0.2) is 54.4 Å². The van der Waals surface area contributed by atoms with Gasteiger partial charge >= 0.3 is 6.01 Å². The van der Waals surface area contributed by atoms with Gasteiger partial charge in [-0.2, -0.15) is 15.2 Å². The second-order valence-corrected chi connectivity index (χ2v) is 9.24. The van der Waals surface area contributed by atoms with Gasteiger partial charge in [0.05, 0.1) is 19.9 Å². The summed E-state index contributed by atoms with van der Waals surface area (Å²) < 4.78 is 12.0. The maximum atomic E-state index is 14.0. The highest BCUT2D eigenvalue weighted by Crippen LogP contribution is 2.30.